The second kappa shape index (κ2) is 6.44. The Morgan fingerprint density at radius 3 is 2.47 bits per heavy atom. The van der Waals surface area contributed by atoms with Crippen molar-refractivity contribution in [3.63, 3.8) is 0 Å². The summed E-state index contributed by atoms with van der Waals surface area (Å²) in [5.74, 6) is -0.259. The molecular formula is C15H21F2NO. The van der Waals surface area contributed by atoms with E-state index in [0.717, 1.165) is 31.9 Å². The van der Waals surface area contributed by atoms with Crippen LogP contribution in [0.25, 0.3) is 0 Å². The smallest absolute Gasteiger partial charge is 0.126 e. The third kappa shape index (κ3) is 3.74. The summed E-state index contributed by atoms with van der Waals surface area (Å²) in [5.41, 5.74) is 0.621. The topological polar surface area (TPSA) is 32.3 Å². The molecule has 2 rings (SSSR count). The zero-order valence-corrected chi connectivity index (χ0v) is 11.2. The van der Waals surface area contributed by atoms with E-state index < -0.39 is 11.6 Å². The Bertz CT molecular complexity index is 404. The van der Waals surface area contributed by atoms with Crippen LogP contribution in [0.1, 0.15) is 37.8 Å². The molecule has 0 amide bonds. The van der Waals surface area contributed by atoms with Crippen LogP contribution >= 0.6 is 0 Å². The van der Waals surface area contributed by atoms with E-state index in [2.05, 4.69) is 5.32 Å². The molecule has 1 aromatic rings. The van der Waals surface area contributed by atoms with Gasteiger partial charge in [-0.3, -0.25) is 0 Å². The Labute approximate surface area is 112 Å². The zero-order valence-electron chi connectivity index (χ0n) is 11.2. The van der Waals surface area contributed by atoms with Crippen LogP contribution in [0.5, 0.6) is 0 Å². The SMILES string of the molecule is CC(NCC1CCCC1CO)c1cc(F)cc(F)c1. The van der Waals surface area contributed by atoms with Crippen LogP contribution in [0.15, 0.2) is 18.2 Å². The Morgan fingerprint density at radius 1 is 1.21 bits per heavy atom. The van der Waals surface area contributed by atoms with Gasteiger partial charge >= 0.3 is 0 Å². The highest BCUT2D eigenvalue weighted by atomic mass is 19.1. The number of aliphatic hydroxyl groups is 1. The number of hydrogen-bond acceptors (Lipinski definition) is 2. The van der Waals surface area contributed by atoms with Gasteiger partial charge in [0.15, 0.2) is 0 Å². The molecule has 3 atom stereocenters. The lowest BCUT2D eigenvalue weighted by Crippen LogP contribution is -2.29. The van der Waals surface area contributed by atoms with Crippen LogP contribution in [0.4, 0.5) is 8.78 Å². The summed E-state index contributed by atoms with van der Waals surface area (Å²) in [5, 5.41) is 12.6. The minimum atomic E-state index is -0.544. The second-order valence-electron chi connectivity index (χ2n) is 5.47. The molecule has 0 spiro atoms. The third-order valence-corrected chi connectivity index (χ3v) is 4.12. The Balaban J connectivity index is 1.91. The van der Waals surface area contributed by atoms with Gasteiger partial charge < -0.3 is 10.4 Å². The highest BCUT2D eigenvalue weighted by Gasteiger charge is 2.26. The number of nitrogens with one attached hydrogen (secondary N) is 1. The average molecular weight is 269 g/mol. The van der Waals surface area contributed by atoms with Crippen molar-refractivity contribution in [2.24, 2.45) is 11.8 Å². The molecule has 0 aromatic heterocycles. The van der Waals surface area contributed by atoms with Crippen molar-refractivity contribution < 1.29 is 13.9 Å². The number of halogens is 2. The molecule has 106 valence electrons. The highest BCUT2D eigenvalue weighted by molar-refractivity contribution is 5.20. The van der Waals surface area contributed by atoms with Crippen molar-refractivity contribution in [2.75, 3.05) is 13.2 Å². The minimum absolute atomic E-state index is 0.0925. The Hall–Kier alpha value is -1.00. The monoisotopic (exact) mass is 269 g/mol. The number of benzene rings is 1. The highest BCUT2D eigenvalue weighted by Crippen LogP contribution is 2.31. The van der Waals surface area contributed by atoms with Crippen molar-refractivity contribution in [3.05, 3.63) is 35.4 Å². The first-order chi connectivity index (χ1) is 9.10. The first kappa shape index (κ1) is 14.4. The fourth-order valence-corrected chi connectivity index (χ4v) is 2.89. The van der Waals surface area contributed by atoms with E-state index in [1.807, 2.05) is 6.92 Å². The molecule has 19 heavy (non-hydrogen) atoms. The lowest BCUT2D eigenvalue weighted by Gasteiger charge is -2.21. The van der Waals surface area contributed by atoms with Crippen LogP contribution in [-0.2, 0) is 0 Å². The molecule has 1 saturated carbocycles. The van der Waals surface area contributed by atoms with Crippen LogP contribution in [0, 0.1) is 23.5 Å². The summed E-state index contributed by atoms with van der Waals surface area (Å²) in [7, 11) is 0. The summed E-state index contributed by atoms with van der Waals surface area (Å²) < 4.78 is 26.3. The fraction of sp³-hybridized carbons (Fsp3) is 0.600. The summed E-state index contributed by atoms with van der Waals surface area (Å²) in [6.45, 7) is 2.91. The van der Waals surface area contributed by atoms with E-state index in [9.17, 15) is 13.9 Å². The summed E-state index contributed by atoms with van der Waals surface area (Å²) in [6, 6.07) is 3.51. The average Bonchev–Trinajstić information content (AvgIpc) is 2.82. The van der Waals surface area contributed by atoms with Gasteiger partial charge in [0.1, 0.15) is 11.6 Å². The first-order valence-corrected chi connectivity index (χ1v) is 6.90. The van der Waals surface area contributed by atoms with Gasteiger partial charge in [-0.1, -0.05) is 6.42 Å². The van der Waals surface area contributed by atoms with Crippen LogP contribution < -0.4 is 5.32 Å². The number of aliphatic hydroxyl groups excluding tert-OH is 1. The van der Waals surface area contributed by atoms with E-state index >= 15 is 0 Å². The third-order valence-electron chi connectivity index (χ3n) is 4.12. The maximum Gasteiger partial charge on any atom is 0.126 e. The molecule has 1 fully saturated rings. The molecule has 0 heterocycles. The van der Waals surface area contributed by atoms with Gasteiger partial charge in [0.05, 0.1) is 0 Å². The largest absolute Gasteiger partial charge is 0.396 e. The predicted octanol–water partition coefficient (Wildman–Crippen LogP) is 3.02. The molecule has 0 aliphatic heterocycles. The van der Waals surface area contributed by atoms with Crippen molar-refractivity contribution in [3.8, 4) is 0 Å². The van der Waals surface area contributed by atoms with Gasteiger partial charge in [-0.15, -0.1) is 0 Å². The molecule has 4 heteroatoms. The normalized spacial score (nSPS) is 24.6. The molecule has 2 N–H and O–H groups in total. The van der Waals surface area contributed by atoms with Gasteiger partial charge in [0.25, 0.3) is 0 Å². The van der Waals surface area contributed by atoms with Crippen LogP contribution in [-0.4, -0.2) is 18.3 Å². The van der Waals surface area contributed by atoms with Crippen LogP contribution in [0.2, 0.25) is 0 Å². The van der Waals surface area contributed by atoms with E-state index in [4.69, 9.17) is 0 Å². The maximum atomic E-state index is 13.1. The fourth-order valence-electron chi connectivity index (χ4n) is 2.89. The summed E-state index contributed by atoms with van der Waals surface area (Å²) in [4.78, 5) is 0. The first-order valence-electron chi connectivity index (χ1n) is 6.90. The molecule has 2 nitrogen and oxygen atoms in total. The standard InChI is InChI=1S/C15H21F2NO/c1-10(13-5-14(16)7-15(17)6-13)18-8-11-3-2-4-12(11)9-19/h5-7,10-12,18-19H,2-4,8-9H2,1H3. The molecule has 0 bridgehead atoms. The van der Waals surface area contributed by atoms with Gasteiger partial charge in [-0.2, -0.15) is 0 Å². The van der Waals surface area contributed by atoms with Gasteiger partial charge in [-0.25, -0.2) is 8.78 Å². The van der Waals surface area contributed by atoms with Crippen molar-refractivity contribution >= 4 is 0 Å². The lowest BCUT2D eigenvalue weighted by atomic mass is 9.96. The minimum Gasteiger partial charge on any atom is -0.396 e. The second-order valence-corrected chi connectivity index (χ2v) is 5.47. The van der Waals surface area contributed by atoms with E-state index in [-0.39, 0.29) is 12.6 Å². The number of rotatable bonds is 5. The molecule has 0 saturated heterocycles. The summed E-state index contributed by atoms with van der Waals surface area (Å²) in [6.07, 6.45) is 3.34. The van der Waals surface area contributed by atoms with Gasteiger partial charge in [0.2, 0.25) is 0 Å². The molecule has 3 unspecified atom stereocenters. The quantitative estimate of drug-likeness (QED) is 0.861. The van der Waals surface area contributed by atoms with Crippen molar-refractivity contribution in [2.45, 2.75) is 32.2 Å². The van der Waals surface area contributed by atoms with Crippen LogP contribution in [0.3, 0.4) is 0 Å². The van der Waals surface area contributed by atoms with Crippen molar-refractivity contribution in [1.29, 1.82) is 0 Å². The molecule has 1 aromatic carbocycles. The Morgan fingerprint density at radius 2 is 1.84 bits per heavy atom. The van der Waals surface area contributed by atoms with Gasteiger partial charge in [-0.05, 0) is 55.8 Å². The number of hydrogen-bond donors (Lipinski definition) is 2. The molecular weight excluding hydrogens is 248 g/mol. The predicted molar refractivity (Wildman–Crippen MR) is 70.7 cm³/mol. The molecule has 1 aliphatic carbocycles. The lowest BCUT2D eigenvalue weighted by molar-refractivity contribution is 0.190. The molecule has 0 radical (unpaired) electrons. The van der Waals surface area contributed by atoms with E-state index in [1.54, 1.807) is 0 Å². The van der Waals surface area contributed by atoms with E-state index in [1.165, 1.54) is 12.1 Å². The maximum absolute atomic E-state index is 13.1. The van der Waals surface area contributed by atoms with Gasteiger partial charge in [0, 0.05) is 18.7 Å². The molecule has 1 aliphatic rings. The zero-order chi connectivity index (χ0) is 13.8. The van der Waals surface area contributed by atoms with Crippen molar-refractivity contribution in [1.82, 2.24) is 5.32 Å². The van der Waals surface area contributed by atoms with E-state index in [0.29, 0.717) is 17.4 Å². The summed E-state index contributed by atoms with van der Waals surface area (Å²) >= 11 is 0. The Kier molecular flexibility index (Phi) is 4.88.